The van der Waals surface area contributed by atoms with Gasteiger partial charge in [0.15, 0.2) is 0 Å². The summed E-state index contributed by atoms with van der Waals surface area (Å²) < 4.78 is 28.3. The molecule has 2 N–H and O–H groups in total. The minimum atomic E-state index is -3.31. The van der Waals surface area contributed by atoms with Crippen LogP contribution in [0.3, 0.4) is 0 Å². The van der Waals surface area contributed by atoms with Crippen LogP contribution in [0.15, 0.2) is 0 Å². The van der Waals surface area contributed by atoms with E-state index in [-0.39, 0.29) is 0 Å². The van der Waals surface area contributed by atoms with Crippen molar-refractivity contribution in [1.82, 2.24) is 19.2 Å². The van der Waals surface area contributed by atoms with E-state index in [1.807, 2.05) is 20.8 Å². The zero-order valence-electron chi connectivity index (χ0n) is 11.4. The van der Waals surface area contributed by atoms with Crippen LogP contribution in [-0.4, -0.2) is 68.5 Å². The molecule has 7 heteroatoms. The molecular formula is C11H24N4O2S. The molecule has 0 radical (unpaired) electrons. The Hall–Kier alpha value is -0.210. The monoisotopic (exact) mass is 276 g/mol. The second kappa shape index (κ2) is 5.05. The number of hydrogen-bond acceptors (Lipinski definition) is 4. The SMILES string of the molecule is CC(C)(C)NS(=O)(=O)N1CC(N2CCNCC2)C1. The molecular weight excluding hydrogens is 252 g/mol. The van der Waals surface area contributed by atoms with Gasteiger partial charge in [-0.2, -0.15) is 17.4 Å². The fraction of sp³-hybridized carbons (Fsp3) is 1.00. The predicted octanol–water partition coefficient (Wildman–Crippen LogP) is -0.791. The highest BCUT2D eigenvalue weighted by Gasteiger charge is 2.40. The number of hydrogen-bond donors (Lipinski definition) is 2. The molecule has 0 aromatic heterocycles. The topological polar surface area (TPSA) is 64.7 Å². The van der Waals surface area contributed by atoms with Gasteiger partial charge in [-0.25, -0.2) is 0 Å². The second-order valence-electron chi connectivity index (χ2n) is 6.11. The molecule has 6 nitrogen and oxygen atoms in total. The van der Waals surface area contributed by atoms with Crippen LogP contribution in [0.25, 0.3) is 0 Å². The molecule has 0 spiro atoms. The molecule has 18 heavy (non-hydrogen) atoms. The van der Waals surface area contributed by atoms with Gasteiger partial charge in [-0.3, -0.25) is 4.90 Å². The fourth-order valence-corrected chi connectivity index (χ4v) is 3.98. The lowest BCUT2D eigenvalue weighted by atomic mass is 10.1. The molecule has 2 fully saturated rings. The predicted molar refractivity (Wildman–Crippen MR) is 71.6 cm³/mol. The standard InChI is InChI=1S/C11H24N4O2S/c1-11(2,3)13-18(16,17)15-8-10(9-15)14-6-4-12-5-7-14/h10,12-13H,4-9H2,1-3H3. The van der Waals surface area contributed by atoms with Crippen molar-refractivity contribution in [2.24, 2.45) is 0 Å². The van der Waals surface area contributed by atoms with Gasteiger partial charge in [-0.15, -0.1) is 0 Å². The van der Waals surface area contributed by atoms with Crippen molar-refractivity contribution in [2.75, 3.05) is 39.3 Å². The van der Waals surface area contributed by atoms with Crippen molar-refractivity contribution >= 4 is 10.2 Å². The van der Waals surface area contributed by atoms with Gasteiger partial charge in [-0.05, 0) is 20.8 Å². The lowest BCUT2D eigenvalue weighted by molar-refractivity contribution is 0.0760. The van der Waals surface area contributed by atoms with Crippen LogP contribution in [0, 0.1) is 0 Å². The van der Waals surface area contributed by atoms with Gasteiger partial charge in [0.05, 0.1) is 0 Å². The molecule has 0 bridgehead atoms. The van der Waals surface area contributed by atoms with E-state index in [0.717, 1.165) is 26.2 Å². The number of nitrogens with zero attached hydrogens (tertiary/aromatic N) is 2. The summed E-state index contributed by atoms with van der Waals surface area (Å²) in [6.45, 7) is 10.9. The summed E-state index contributed by atoms with van der Waals surface area (Å²) in [7, 11) is -3.31. The third-order valence-corrected chi connectivity index (χ3v) is 5.12. The molecule has 2 aliphatic heterocycles. The van der Waals surface area contributed by atoms with Gasteiger partial charge in [0.1, 0.15) is 0 Å². The minimum Gasteiger partial charge on any atom is -0.314 e. The molecule has 0 unspecified atom stereocenters. The van der Waals surface area contributed by atoms with Crippen molar-refractivity contribution < 1.29 is 8.42 Å². The summed E-state index contributed by atoms with van der Waals surface area (Å²) >= 11 is 0. The fourth-order valence-electron chi connectivity index (χ4n) is 2.34. The Morgan fingerprint density at radius 2 is 1.72 bits per heavy atom. The van der Waals surface area contributed by atoms with E-state index in [9.17, 15) is 8.42 Å². The van der Waals surface area contributed by atoms with Crippen molar-refractivity contribution in [1.29, 1.82) is 0 Å². The maximum atomic E-state index is 12.0. The normalized spacial score (nSPS) is 25.1. The molecule has 0 atom stereocenters. The molecule has 2 heterocycles. The number of piperazine rings is 1. The van der Waals surface area contributed by atoms with Crippen LogP contribution in [0.1, 0.15) is 20.8 Å². The maximum absolute atomic E-state index is 12.0. The second-order valence-corrected chi connectivity index (χ2v) is 7.78. The summed E-state index contributed by atoms with van der Waals surface area (Å²) in [6, 6.07) is 0.392. The molecule has 0 aromatic rings. The van der Waals surface area contributed by atoms with Gasteiger partial charge < -0.3 is 5.32 Å². The molecule has 2 saturated heterocycles. The first-order valence-corrected chi connectivity index (χ1v) is 7.96. The molecule has 2 aliphatic rings. The maximum Gasteiger partial charge on any atom is 0.280 e. The zero-order chi connectivity index (χ0) is 13.4. The minimum absolute atomic E-state index is 0.392. The molecule has 106 valence electrons. The summed E-state index contributed by atoms with van der Waals surface area (Å²) in [4.78, 5) is 2.37. The summed E-state index contributed by atoms with van der Waals surface area (Å²) in [5.41, 5.74) is -0.418. The van der Waals surface area contributed by atoms with Crippen LogP contribution in [0.5, 0.6) is 0 Å². The van der Waals surface area contributed by atoms with Gasteiger partial charge in [0.2, 0.25) is 0 Å². The Morgan fingerprint density at radius 1 is 1.17 bits per heavy atom. The van der Waals surface area contributed by atoms with E-state index in [2.05, 4.69) is 14.9 Å². The third kappa shape index (κ3) is 3.42. The summed E-state index contributed by atoms with van der Waals surface area (Å²) in [5.74, 6) is 0. The Balaban J connectivity index is 1.84. The summed E-state index contributed by atoms with van der Waals surface area (Å²) in [6.07, 6.45) is 0. The van der Waals surface area contributed by atoms with E-state index in [4.69, 9.17) is 0 Å². The first kappa shape index (κ1) is 14.2. The van der Waals surface area contributed by atoms with E-state index in [1.165, 1.54) is 4.31 Å². The van der Waals surface area contributed by atoms with E-state index < -0.39 is 15.7 Å². The first-order chi connectivity index (χ1) is 8.28. The average molecular weight is 276 g/mol. The average Bonchev–Trinajstić information content (AvgIpc) is 2.12. The third-order valence-electron chi connectivity index (χ3n) is 3.27. The summed E-state index contributed by atoms with van der Waals surface area (Å²) in [5, 5.41) is 3.30. The zero-order valence-corrected chi connectivity index (χ0v) is 12.3. The van der Waals surface area contributed by atoms with Gasteiger partial charge in [-0.1, -0.05) is 0 Å². The van der Waals surface area contributed by atoms with Crippen molar-refractivity contribution in [3.8, 4) is 0 Å². The highest BCUT2D eigenvalue weighted by atomic mass is 32.2. The lowest BCUT2D eigenvalue weighted by Gasteiger charge is -2.46. The Morgan fingerprint density at radius 3 is 2.22 bits per heavy atom. The molecule has 0 amide bonds. The number of rotatable bonds is 3. The van der Waals surface area contributed by atoms with Crippen LogP contribution < -0.4 is 10.0 Å². The van der Waals surface area contributed by atoms with Crippen LogP contribution in [0.2, 0.25) is 0 Å². The van der Waals surface area contributed by atoms with E-state index in [0.29, 0.717) is 19.1 Å². The largest absolute Gasteiger partial charge is 0.314 e. The highest BCUT2D eigenvalue weighted by molar-refractivity contribution is 7.87. The van der Waals surface area contributed by atoms with Crippen molar-refractivity contribution in [3.05, 3.63) is 0 Å². The van der Waals surface area contributed by atoms with Gasteiger partial charge >= 0.3 is 0 Å². The number of nitrogens with one attached hydrogen (secondary N) is 2. The highest BCUT2D eigenvalue weighted by Crippen LogP contribution is 2.19. The van der Waals surface area contributed by atoms with E-state index >= 15 is 0 Å². The van der Waals surface area contributed by atoms with Crippen LogP contribution >= 0.6 is 0 Å². The van der Waals surface area contributed by atoms with E-state index in [1.54, 1.807) is 0 Å². The molecule has 2 rings (SSSR count). The Bertz CT molecular complexity index is 378. The molecule has 0 aliphatic carbocycles. The van der Waals surface area contributed by atoms with Crippen LogP contribution in [-0.2, 0) is 10.2 Å². The van der Waals surface area contributed by atoms with Gasteiger partial charge in [0, 0.05) is 50.8 Å². The van der Waals surface area contributed by atoms with Crippen LogP contribution in [0.4, 0.5) is 0 Å². The van der Waals surface area contributed by atoms with Crippen molar-refractivity contribution in [3.63, 3.8) is 0 Å². The smallest absolute Gasteiger partial charge is 0.280 e. The van der Waals surface area contributed by atoms with Gasteiger partial charge in [0.25, 0.3) is 10.2 Å². The Kier molecular flexibility index (Phi) is 3.99. The van der Waals surface area contributed by atoms with Crippen molar-refractivity contribution in [2.45, 2.75) is 32.4 Å². The lowest BCUT2D eigenvalue weighted by Crippen LogP contribution is -2.66. The molecule has 0 aromatic carbocycles. The quantitative estimate of drug-likeness (QED) is 0.709. The molecule has 0 saturated carbocycles. The first-order valence-electron chi connectivity index (χ1n) is 6.52. The Labute approximate surface area is 110 Å².